The first-order valence-electron chi connectivity index (χ1n) is 13.9. The molecule has 3 aromatic carbocycles. The van der Waals surface area contributed by atoms with Gasteiger partial charge in [0, 0.05) is 22.6 Å². The van der Waals surface area contributed by atoms with E-state index in [4.69, 9.17) is 27.9 Å². The number of carbonyl (C=O) groups is 2. The van der Waals surface area contributed by atoms with Crippen molar-refractivity contribution in [2.75, 3.05) is 17.5 Å². The first-order chi connectivity index (χ1) is 20.1. The van der Waals surface area contributed by atoms with Crippen molar-refractivity contribution >= 4 is 50.7 Å². The summed E-state index contributed by atoms with van der Waals surface area (Å²) in [5.41, 5.74) is 0.909. The molecule has 1 fully saturated rings. The number of rotatable bonds is 12. The molecule has 0 spiro atoms. The highest BCUT2D eigenvalue weighted by molar-refractivity contribution is 7.92. The molecule has 42 heavy (non-hydrogen) atoms. The number of amides is 2. The van der Waals surface area contributed by atoms with Gasteiger partial charge in [-0.25, -0.2) is 8.42 Å². The van der Waals surface area contributed by atoms with Gasteiger partial charge in [-0.2, -0.15) is 0 Å². The van der Waals surface area contributed by atoms with Crippen molar-refractivity contribution in [1.29, 1.82) is 0 Å². The second-order valence-electron chi connectivity index (χ2n) is 10.2. The van der Waals surface area contributed by atoms with E-state index in [1.807, 2.05) is 0 Å². The number of carbonyl (C=O) groups excluding carboxylic acids is 2. The van der Waals surface area contributed by atoms with Gasteiger partial charge in [0.1, 0.15) is 18.3 Å². The molecule has 11 heteroatoms. The molecular formula is C31H35Cl2N3O5S. The molecule has 1 saturated carbocycles. The van der Waals surface area contributed by atoms with Crippen molar-refractivity contribution < 1.29 is 22.7 Å². The lowest BCUT2D eigenvalue weighted by molar-refractivity contribution is -0.139. The molecule has 0 aromatic heterocycles. The molecule has 2 amide bonds. The third kappa shape index (κ3) is 7.76. The summed E-state index contributed by atoms with van der Waals surface area (Å²) < 4.78 is 34.9. The number of nitrogens with zero attached hydrogens (tertiary/aromatic N) is 2. The summed E-state index contributed by atoms with van der Waals surface area (Å²) in [5.74, 6) is -0.550. The van der Waals surface area contributed by atoms with Crippen LogP contribution in [0.3, 0.4) is 0 Å². The average molecular weight is 633 g/mol. The number of ether oxygens (including phenoxy) is 1. The maximum atomic E-state index is 14.1. The summed E-state index contributed by atoms with van der Waals surface area (Å²) in [6.07, 6.45) is 3.87. The second-order valence-corrected chi connectivity index (χ2v) is 12.9. The fourth-order valence-corrected chi connectivity index (χ4v) is 6.76. The Labute approximate surface area is 257 Å². The molecule has 0 saturated heterocycles. The van der Waals surface area contributed by atoms with E-state index in [9.17, 15) is 18.0 Å². The zero-order chi connectivity index (χ0) is 30.3. The molecule has 0 unspecified atom stereocenters. The number of nitrogens with one attached hydrogen (secondary N) is 1. The topological polar surface area (TPSA) is 96.0 Å². The maximum absolute atomic E-state index is 14.1. The van der Waals surface area contributed by atoms with Crippen molar-refractivity contribution in [2.45, 2.75) is 63.1 Å². The SMILES string of the molecule is CCOc1ccccc1N(CC(=O)N(Cc1cccc(Cl)c1)[C@@H](C)C(=O)NC1CCCC1)S(=O)(=O)c1ccc(Cl)cc1. The van der Waals surface area contributed by atoms with E-state index in [1.165, 1.54) is 29.2 Å². The van der Waals surface area contributed by atoms with Gasteiger partial charge in [-0.15, -0.1) is 0 Å². The zero-order valence-electron chi connectivity index (χ0n) is 23.6. The minimum atomic E-state index is -4.26. The lowest BCUT2D eigenvalue weighted by atomic mass is 10.1. The van der Waals surface area contributed by atoms with Crippen molar-refractivity contribution in [3.8, 4) is 5.75 Å². The van der Waals surface area contributed by atoms with Crippen LogP contribution in [0.5, 0.6) is 5.75 Å². The number of para-hydroxylation sites is 2. The van der Waals surface area contributed by atoms with Crippen LogP contribution in [0.1, 0.15) is 45.1 Å². The molecule has 3 aromatic rings. The van der Waals surface area contributed by atoms with Crippen LogP contribution in [0, 0.1) is 0 Å². The Morgan fingerprint density at radius 3 is 2.33 bits per heavy atom. The molecule has 1 aliphatic rings. The van der Waals surface area contributed by atoms with E-state index in [0.717, 1.165) is 30.0 Å². The summed E-state index contributed by atoms with van der Waals surface area (Å²) in [7, 11) is -4.26. The van der Waals surface area contributed by atoms with Crippen molar-refractivity contribution in [3.05, 3.63) is 88.4 Å². The molecule has 224 valence electrons. The van der Waals surface area contributed by atoms with Crippen LogP contribution in [0.25, 0.3) is 0 Å². The number of hydrogen-bond acceptors (Lipinski definition) is 5. The predicted molar refractivity (Wildman–Crippen MR) is 165 cm³/mol. The Morgan fingerprint density at radius 1 is 0.976 bits per heavy atom. The number of hydrogen-bond donors (Lipinski definition) is 1. The first kappa shape index (κ1) is 31.7. The predicted octanol–water partition coefficient (Wildman–Crippen LogP) is 6.06. The van der Waals surface area contributed by atoms with Crippen LogP contribution in [0.2, 0.25) is 10.0 Å². The van der Waals surface area contributed by atoms with Crippen LogP contribution >= 0.6 is 23.2 Å². The smallest absolute Gasteiger partial charge is 0.264 e. The van der Waals surface area contributed by atoms with Crippen LogP contribution in [0.4, 0.5) is 5.69 Å². The Balaban J connectivity index is 1.72. The summed E-state index contributed by atoms with van der Waals surface area (Å²) in [6.45, 7) is 3.21. The number of anilines is 1. The second kappa shape index (κ2) is 14.3. The minimum Gasteiger partial charge on any atom is -0.492 e. The van der Waals surface area contributed by atoms with Gasteiger partial charge in [0.15, 0.2) is 0 Å². The van der Waals surface area contributed by atoms with E-state index < -0.39 is 28.5 Å². The number of halogens is 2. The van der Waals surface area contributed by atoms with E-state index >= 15 is 0 Å². The molecule has 0 aliphatic heterocycles. The third-order valence-corrected chi connectivity index (χ3v) is 9.49. The lowest BCUT2D eigenvalue weighted by Gasteiger charge is -2.33. The van der Waals surface area contributed by atoms with Gasteiger partial charge in [-0.3, -0.25) is 13.9 Å². The molecular weight excluding hydrogens is 597 g/mol. The maximum Gasteiger partial charge on any atom is 0.264 e. The standard InChI is InChI=1S/C31H35Cl2N3O5S/c1-3-41-29-14-7-6-13-28(29)36(42(39,40)27-17-15-24(32)16-18-27)21-30(37)35(20-23-9-8-10-25(33)19-23)22(2)31(38)34-26-11-4-5-12-26/h6-10,13-19,22,26H,3-5,11-12,20-21H2,1-2H3,(H,34,38)/t22-/m0/s1. The Morgan fingerprint density at radius 2 is 1.67 bits per heavy atom. The Kier molecular flexibility index (Phi) is 10.8. The van der Waals surface area contributed by atoms with Crippen LogP contribution in [-0.2, 0) is 26.2 Å². The highest BCUT2D eigenvalue weighted by Crippen LogP contribution is 2.33. The van der Waals surface area contributed by atoms with Gasteiger partial charge < -0.3 is 15.0 Å². The van der Waals surface area contributed by atoms with Crippen molar-refractivity contribution in [2.24, 2.45) is 0 Å². The van der Waals surface area contributed by atoms with Gasteiger partial charge in [0.25, 0.3) is 10.0 Å². The normalized spacial score (nSPS) is 14.3. The summed E-state index contributed by atoms with van der Waals surface area (Å²) in [6, 6.07) is 18.6. The van der Waals surface area contributed by atoms with Gasteiger partial charge >= 0.3 is 0 Å². The Bertz CT molecular complexity index is 1490. The van der Waals surface area contributed by atoms with Gasteiger partial charge in [0.2, 0.25) is 11.8 Å². The summed E-state index contributed by atoms with van der Waals surface area (Å²) in [4.78, 5) is 28.8. The summed E-state index contributed by atoms with van der Waals surface area (Å²) in [5, 5.41) is 3.92. The van der Waals surface area contributed by atoms with E-state index in [0.29, 0.717) is 28.0 Å². The number of sulfonamides is 1. The molecule has 8 nitrogen and oxygen atoms in total. The first-order valence-corrected chi connectivity index (χ1v) is 16.1. The molecule has 0 bridgehead atoms. The molecule has 1 aliphatic carbocycles. The van der Waals surface area contributed by atoms with Crippen molar-refractivity contribution in [3.63, 3.8) is 0 Å². The van der Waals surface area contributed by atoms with Gasteiger partial charge in [-0.05, 0) is 80.8 Å². The quantitative estimate of drug-likeness (QED) is 0.262. The van der Waals surface area contributed by atoms with E-state index in [1.54, 1.807) is 62.4 Å². The molecule has 4 rings (SSSR count). The fraction of sp³-hybridized carbons (Fsp3) is 0.355. The summed E-state index contributed by atoms with van der Waals surface area (Å²) >= 11 is 12.2. The Hall–Kier alpha value is -3.27. The average Bonchev–Trinajstić information content (AvgIpc) is 3.48. The van der Waals surface area contributed by atoms with E-state index in [2.05, 4.69) is 5.32 Å². The lowest BCUT2D eigenvalue weighted by Crippen LogP contribution is -2.52. The fourth-order valence-electron chi connectivity index (χ4n) is 4.99. The zero-order valence-corrected chi connectivity index (χ0v) is 26.0. The van der Waals surface area contributed by atoms with Crippen LogP contribution in [-0.4, -0.2) is 50.4 Å². The molecule has 1 N–H and O–H groups in total. The van der Waals surface area contributed by atoms with Crippen LogP contribution in [0.15, 0.2) is 77.7 Å². The highest BCUT2D eigenvalue weighted by atomic mass is 35.5. The highest BCUT2D eigenvalue weighted by Gasteiger charge is 2.34. The molecule has 0 heterocycles. The largest absolute Gasteiger partial charge is 0.492 e. The number of benzene rings is 3. The molecule has 0 radical (unpaired) electrons. The van der Waals surface area contributed by atoms with Gasteiger partial charge in [0.05, 0.1) is 17.2 Å². The molecule has 1 atom stereocenters. The van der Waals surface area contributed by atoms with Crippen molar-refractivity contribution in [1.82, 2.24) is 10.2 Å². The third-order valence-electron chi connectivity index (χ3n) is 7.23. The minimum absolute atomic E-state index is 0.0422. The van der Waals surface area contributed by atoms with Crippen LogP contribution < -0.4 is 14.4 Å². The van der Waals surface area contributed by atoms with Gasteiger partial charge in [-0.1, -0.05) is 60.3 Å². The monoisotopic (exact) mass is 631 g/mol. The van der Waals surface area contributed by atoms with E-state index in [-0.39, 0.29) is 29.1 Å².